The van der Waals surface area contributed by atoms with Gasteiger partial charge in [0.1, 0.15) is 5.65 Å². The van der Waals surface area contributed by atoms with E-state index in [2.05, 4.69) is 4.98 Å². The zero-order chi connectivity index (χ0) is 14.8. The lowest BCUT2D eigenvalue weighted by atomic mass is 10.2. The number of pyridine rings is 1. The van der Waals surface area contributed by atoms with Crippen molar-refractivity contribution in [2.24, 2.45) is 0 Å². The summed E-state index contributed by atoms with van der Waals surface area (Å²) in [4.78, 5) is 16.7. The standard InChI is InChI=1S/C17H13ClN2O/c1-12-6-5-9-16-19-15(11-17(21)20(12)16)14(18)10-13-7-3-2-4-8-13/h2-11H,1H3/b14-10-. The molecule has 0 N–H and O–H groups in total. The minimum atomic E-state index is -0.132. The summed E-state index contributed by atoms with van der Waals surface area (Å²) in [7, 11) is 0. The van der Waals surface area contributed by atoms with Crippen LogP contribution in [0.1, 0.15) is 17.0 Å². The molecule has 0 spiro atoms. The third kappa shape index (κ3) is 2.73. The van der Waals surface area contributed by atoms with Gasteiger partial charge in [-0.2, -0.15) is 0 Å². The van der Waals surface area contributed by atoms with Crippen LogP contribution in [0.25, 0.3) is 16.8 Å². The lowest BCUT2D eigenvalue weighted by Gasteiger charge is -2.06. The summed E-state index contributed by atoms with van der Waals surface area (Å²) in [5.74, 6) is 0. The summed E-state index contributed by atoms with van der Waals surface area (Å²) in [6, 6.07) is 16.7. The van der Waals surface area contributed by atoms with Crippen molar-refractivity contribution in [2.45, 2.75) is 6.92 Å². The molecule has 4 heteroatoms. The topological polar surface area (TPSA) is 34.4 Å². The molecule has 0 saturated heterocycles. The minimum absolute atomic E-state index is 0.132. The van der Waals surface area contributed by atoms with Crippen LogP contribution >= 0.6 is 11.6 Å². The number of benzene rings is 1. The Balaban J connectivity index is 2.14. The van der Waals surface area contributed by atoms with E-state index in [9.17, 15) is 4.79 Å². The Hall–Kier alpha value is -2.39. The van der Waals surface area contributed by atoms with Crippen LogP contribution in [-0.4, -0.2) is 9.38 Å². The van der Waals surface area contributed by atoms with Crippen LogP contribution < -0.4 is 5.56 Å². The van der Waals surface area contributed by atoms with Gasteiger partial charge in [-0.3, -0.25) is 9.20 Å². The summed E-state index contributed by atoms with van der Waals surface area (Å²) in [6.07, 6.45) is 1.80. The highest BCUT2D eigenvalue weighted by molar-refractivity contribution is 6.51. The van der Waals surface area contributed by atoms with Gasteiger partial charge in [0, 0.05) is 11.8 Å². The smallest absolute Gasteiger partial charge is 0.258 e. The van der Waals surface area contributed by atoms with E-state index in [1.807, 2.05) is 49.4 Å². The van der Waals surface area contributed by atoms with E-state index >= 15 is 0 Å². The second kappa shape index (κ2) is 5.54. The van der Waals surface area contributed by atoms with E-state index in [4.69, 9.17) is 11.6 Å². The molecule has 0 atom stereocenters. The normalized spacial score (nSPS) is 11.8. The average molecular weight is 297 g/mol. The molecule has 0 radical (unpaired) electrons. The first-order valence-electron chi connectivity index (χ1n) is 6.57. The van der Waals surface area contributed by atoms with Gasteiger partial charge in [0.25, 0.3) is 5.56 Å². The van der Waals surface area contributed by atoms with Crippen LogP contribution in [0.15, 0.2) is 59.4 Å². The number of rotatable bonds is 2. The molecule has 0 unspecified atom stereocenters. The van der Waals surface area contributed by atoms with E-state index in [0.717, 1.165) is 11.3 Å². The second-order valence-corrected chi connectivity index (χ2v) is 5.15. The molecular weight excluding hydrogens is 284 g/mol. The zero-order valence-electron chi connectivity index (χ0n) is 11.5. The monoisotopic (exact) mass is 296 g/mol. The largest absolute Gasteiger partial charge is 0.269 e. The van der Waals surface area contributed by atoms with Crippen molar-refractivity contribution in [3.63, 3.8) is 0 Å². The van der Waals surface area contributed by atoms with E-state index in [1.165, 1.54) is 6.07 Å². The third-order valence-corrected chi connectivity index (χ3v) is 3.52. The molecule has 0 fully saturated rings. The number of fused-ring (bicyclic) bond motifs is 1. The van der Waals surface area contributed by atoms with Gasteiger partial charge in [-0.05, 0) is 30.7 Å². The van der Waals surface area contributed by atoms with Gasteiger partial charge in [0.05, 0.1) is 10.7 Å². The van der Waals surface area contributed by atoms with E-state index in [1.54, 1.807) is 16.5 Å². The van der Waals surface area contributed by atoms with Crippen LogP contribution in [0.5, 0.6) is 0 Å². The fraction of sp³-hybridized carbons (Fsp3) is 0.0588. The molecule has 2 heterocycles. The van der Waals surface area contributed by atoms with Crippen LogP contribution in [0.3, 0.4) is 0 Å². The molecule has 3 aromatic rings. The van der Waals surface area contributed by atoms with Gasteiger partial charge in [-0.15, -0.1) is 0 Å². The molecule has 0 amide bonds. The SMILES string of the molecule is Cc1cccc2nc(/C(Cl)=C/c3ccccc3)cc(=O)n12. The lowest BCUT2D eigenvalue weighted by Crippen LogP contribution is -2.16. The molecule has 0 saturated carbocycles. The average Bonchev–Trinajstić information content (AvgIpc) is 2.48. The van der Waals surface area contributed by atoms with Gasteiger partial charge in [0.15, 0.2) is 0 Å². The molecular formula is C17H13ClN2O. The highest BCUT2D eigenvalue weighted by Gasteiger charge is 2.06. The fourth-order valence-electron chi connectivity index (χ4n) is 2.21. The van der Waals surface area contributed by atoms with Gasteiger partial charge < -0.3 is 0 Å². The van der Waals surface area contributed by atoms with Gasteiger partial charge in [-0.25, -0.2) is 4.98 Å². The number of hydrogen-bond acceptors (Lipinski definition) is 2. The third-order valence-electron chi connectivity index (χ3n) is 3.22. The predicted octanol–water partition coefficient (Wildman–Crippen LogP) is 3.74. The maximum absolute atomic E-state index is 12.2. The van der Waals surface area contributed by atoms with Gasteiger partial charge >= 0.3 is 0 Å². The Kier molecular flexibility index (Phi) is 3.59. The van der Waals surface area contributed by atoms with Crippen molar-refractivity contribution in [1.82, 2.24) is 9.38 Å². The first-order chi connectivity index (χ1) is 10.1. The number of nitrogens with zero attached hydrogens (tertiary/aromatic N) is 2. The Morgan fingerprint density at radius 1 is 1.14 bits per heavy atom. The quantitative estimate of drug-likeness (QED) is 0.722. The summed E-state index contributed by atoms with van der Waals surface area (Å²) < 4.78 is 1.57. The molecule has 0 aliphatic rings. The summed E-state index contributed by atoms with van der Waals surface area (Å²) >= 11 is 6.30. The number of hydrogen-bond donors (Lipinski definition) is 0. The number of halogens is 1. The van der Waals surface area contributed by atoms with Crippen LogP contribution in [0, 0.1) is 6.92 Å². The number of aromatic nitrogens is 2. The summed E-state index contributed by atoms with van der Waals surface area (Å²) in [5, 5.41) is 0.447. The van der Waals surface area contributed by atoms with Crippen molar-refractivity contribution < 1.29 is 0 Å². The molecule has 3 rings (SSSR count). The Bertz CT molecular complexity index is 882. The predicted molar refractivity (Wildman–Crippen MR) is 86.4 cm³/mol. The van der Waals surface area contributed by atoms with Crippen molar-refractivity contribution >= 4 is 28.4 Å². The van der Waals surface area contributed by atoms with E-state index in [0.29, 0.717) is 16.4 Å². The number of aryl methyl sites for hydroxylation is 1. The van der Waals surface area contributed by atoms with E-state index < -0.39 is 0 Å². The van der Waals surface area contributed by atoms with Crippen LogP contribution in [-0.2, 0) is 0 Å². The highest BCUT2D eigenvalue weighted by atomic mass is 35.5. The fourth-order valence-corrected chi connectivity index (χ4v) is 2.43. The van der Waals surface area contributed by atoms with E-state index in [-0.39, 0.29) is 5.56 Å². The van der Waals surface area contributed by atoms with Crippen molar-refractivity contribution in [3.8, 4) is 0 Å². The van der Waals surface area contributed by atoms with Crippen molar-refractivity contribution in [2.75, 3.05) is 0 Å². The molecule has 0 aliphatic heterocycles. The molecule has 3 nitrogen and oxygen atoms in total. The van der Waals surface area contributed by atoms with Crippen LogP contribution in [0.4, 0.5) is 0 Å². The first-order valence-corrected chi connectivity index (χ1v) is 6.95. The Morgan fingerprint density at radius 2 is 1.90 bits per heavy atom. The van der Waals surface area contributed by atoms with Gasteiger partial charge in [-0.1, -0.05) is 48.0 Å². The molecule has 2 aromatic heterocycles. The maximum atomic E-state index is 12.2. The summed E-state index contributed by atoms with van der Waals surface area (Å²) in [6.45, 7) is 1.87. The second-order valence-electron chi connectivity index (χ2n) is 4.74. The lowest BCUT2D eigenvalue weighted by molar-refractivity contribution is 0.986. The van der Waals surface area contributed by atoms with Gasteiger partial charge in [0.2, 0.25) is 0 Å². The molecule has 0 aliphatic carbocycles. The zero-order valence-corrected chi connectivity index (χ0v) is 12.2. The Morgan fingerprint density at radius 3 is 2.67 bits per heavy atom. The molecule has 104 valence electrons. The first kappa shape index (κ1) is 13.6. The maximum Gasteiger partial charge on any atom is 0.258 e. The van der Waals surface area contributed by atoms with Crippen LogP contribution in [0.2, 0.25) is 0 Å². The van der Waals surface area contributed by atoms with Crippen molar-refractivity contribution in [3.05, 3.63) is 81.9 Å². The Labute approximate surface area is 127 Å². The minimum Gasteiger partial charge on any atom is -0.269 e. The molecule has 0 bridgehead atoms. The van der Waals surface area contributed by atoms with Crippen molar-refractivity contribution in [1.29, 1.82) is 0 Å². The summed E-state index contributed by atoms with van der Waals surface area (Å²) in [5.41, 5.74) is 2.76. The molecule has 21 heavy (non-hydrogen) atoms. The molecule has 1 aromatic carbocycles. The highest BCUT2D eigenvalue weighted by Crippen LogP contribution is 2.20.